The smallest absolute Gasteiger partial charge is 0.352 e. The Balaban J connectivity index is 1.63. The van der Waals surface area contributed by atoms with Gasteiger partial charge in [-0.3, -0.25) is 14.4 Å². The summed E-state index contributed by atoms with van der Waals surface area (Å²) < 4.78 is 37.8. The molecule has 1 fully saturated rings. The molecule has 1 saturated heterocycles. The van der Waals surface area contributed by atoms with Crippen LogP contribution in [0.15, 0.2) is 54.6 Å². The fourth-order valence-electron chi connectivity index (χ4n) is 3.09. The monoisotopic (exact) mass is 390 g/mol. The molecule has 2 unspecified atom stereocenters. The molecule has 3 rings (SSSR count). The van der Waals surface area contributed by atoms with Crippen LogP contribution in [0.25, 0.3) is 0 Å². The van der Waals surface area contributed by atoms with Gasteiger partial charge in [-0.05, 0) is 36.2 Å². The van der Waals surface area contributed by atoms with Gasteiger partial charge in [0.05, 0.1) is 5.56 Å². The van der Waals surface area contributed by atoms with Crippen LogP contribution < -0.4 is 10.6 Å². The van der Waals surface area contributed by atoms with Gasteiger partial charge in [-0.2, -0.15) is 13.2 Å². The minimum Gasteiger partial charge on any atom is -0.352 e. The van der Waals surface area contributed by atoms with Gasteiger partial charge in [-0.1, -0.05) is 30.3 Å². The molecule has 2 N–H and O–H groups in total. The molecule has 0 aromatic heterocycles. The van der Waals surface area contributed by atoms with Crippen molar-refractivity contribution in [3.63, 3.8) is 0 Å². The predicted molar refractivity (Wildman–Crippen MR) is 95.3 cm³/mol. The van der Waals surface area contributed by atoms with Crippen molar-refractivity contribution in [3.8, 4) is 0 Å². The van der Waals surface area contributed by atoms with E-state index in [0.29, 0.717) is 6.42 Å². The van der Waals surface area contributed by atoms with Crippen LogP contribution in [0.1, 0.15) is 17.5 Å². The largest absolute Gasteiger partial charge is 0.416 e. The summed E-state index contributed by atoms with van der Waals surface area (Å²) in [5.74, 6) is -3.61. The van der Waals surface area contributed by atoms with Gasteiger partial charge in [-0.15, -0.1) is 0 Å². The van der Waals surface area contributed by atoms with Gasteiger partial charge in [0.2, 0.25) is 11.8 Å². The van der Waals surface area contributed by atoms with Gasteiger partial charge in [0.25, 0.3) is 0 Å². The van der Waals surface area contributed by atoms with Crippen LogP contribution in [-0.4, -0.2) is 23.6 Å². The van der Waals surface area contributed by atoms with Crippen LogP contribution in [0.4, 0.5) is 18.9 Å². The molecule has 1 heterocycles. The molecular weight excluding hydrogens is 373 g/mol. The summed E-state index contributed by atoms with van der Waals surface area (Å²) in [7, 11) is 0. The third kappa shape index (κ3) is 4.57. The number of anilines is 1. The lowest BCUT2D eigenvalue weighted by molar-refractivity contribution is -0.143. The number of carbonyl (C=O) groups is 3. The van der Waals surface area contributed by atoms with Crippen LogP contribution in [0.3, 0.4) is 0 Å². The van der Waals surface area contributed by atoms with Crippen molar-refractivity contribution in [1.29, 1.82) is 0 Å². The highest BCUT2D eigenvalue weighted by Crippen LogP contribution is 2.30. The quantitative estimate of drug-likeness (QED) is 0.789. The maximum Gasteiger partial charge on any atom is 0.416 e. The van der Waals surface area contributed by atoms with E-state index in [1.807, 2.05) is 30.3 Å². The second-order valence-corrected chi connectivity index (χ2v) is 6.56. The molecular formula is C20H17F3N2O3. The lowest BCUT2D eigenvalue weighted by Gasteiger charge is -2.27. The molecule has 2 aromatic rings. The second-order valence-electron chi connectivity index (χ2n) is 6.56. The van der Waals surface area contributed by atoms with Crippen LogP contribution in [0.2, 0.25) is 0 Å². The zero-order valence-corrected chi connectivity index (χ0v) is 14.6. The first kappa shape index (κ1) is 19.6. The van der Waals surface area contributed by atoms with Crippen molar-refractivity contribution < 1.29 is 27.6 Å². The van der Waals surface area contributed by atoms with Crippen molar-refractivity contribution >= 4 is 23.3 Å². The van der Waals surface area contributed by atoms with E-state index in [2.05, 4.69) is 10.6 Å². The Morgan fingerprint density at radius 2 is 1.68 bits per heavy atom. The minimum absolute atomic E-state index is 0.00569. The Bertz CT molecular complexity index is 862. The molecule has 1 aliphatic heterocycles. The van der Waals surface area contributed by atoms with E-state index in [1.54, 1.807) is 0 Å². The summed E-state index contributed by atoms with van der Waals surface area (Å²) >= 11 is 0. The summed E-state index contributed by atoms with van der Waals surface area (Å²) in [5.41, 5.74) is 0.166. The highest BCUT2D eigenvalue weighted by atomic mass is 19.4. The third-order valence-electron chi connectivity index (χ3n) is 4.45. The topological polar surface area (TPSA) is 75.3 Å². The van der Waals surface area contributed by atoms with Crippen molar-refractivity contribution in [2.45, 2.75) is 25.1 Å². The highest BCUT2D eigenvalue weighted by Gasteiger charge is 2.40. The second kappa shape index (κ2) is 7.84. The summed E-state index contributed by atoms with van der Waals surface area (Å²) in [6.45, 7) is 0. The fourth-order valence-corrected chi connectivity index (χ4v) is 3.09. The number of carbonyl (C=O) groups excluding carboxylic acids is 3. The van der Waals surface area contributed by atoms with Gasteiger partial charge in [0, 0.05) is 18.2 Å². The van der Waals surface area contributed by atoms with Crippen LogP contribution in [0.5, 0.6) is 0 Å². The maximum atomic E-state index is 12.6. The highest BCUT2D eigenvalue weighted by molar-refractivity contribution is 6.22. The summed E-state index contributed by atoms with van der Waals surface area (Å²) in [5, 5.41) is 5.00. The van der Waals surface area contributed by atoms with Gasteiger partial charge in [0.1, 0.15) is 0 Å². The molecule has 2 aromatic carbocycles. The van der Waals surface area contributed by atoms with Gasteiger partial charge in [0.15, 0.2) is 11.7 Å². The Morgan fingerprint density at radius 3 is 2.25 bits per heavy atom. The first-order valence-electron chi connectivity index (χ1n) is 8.59. The third-order valence-corrected chi connectivity index (χ3v) is 4.45. The molecule has 2 atom stereocenters. The van der Waals surface area contributed by atoms with Crippen molar-refractivity contribution in [3.05, 3.63) is 65.7 Å². The van der Waals surface area contributed by atoms with Gasteiger partial charge in [-0.25, -0.2) is 0 Å². The molecule has 5 nitrogen and oxygen atoms in total. The minimum atomic E-state index is -4.49. The number of ketones is 1. The van der Waals surface area contributed by atoms with Gasteiger partial charge >= 0.3 is 6.18 Å². The molecule has 28 heavy (non-hydrogen) atoms. The average Bonchev–Trinajstić information content (AvgIpc) is 2.61. The van der Waals surface area contributed by atoms with Crippen LogP contribution in [-0.2, 0) is 27.0 Å². The van der Waals surface area contributed by atoms with E-state index in [9.17, 15) is 27.6 Å². The SMILES string of the molecule is O=C1CC(Cc2ccccc2)NC(=O)C1C(=O)Nc1ccc(C(F)(F)F)cc1. The molecule has 0 aliphatic carbocycles. The molecule has 0 spiro atoms. The molecule has 146 valence electrons. The van der Waals surface area contributed by atoms with Crippen molar-refractivity contribution in [2.24, 2.45) is 5.92 Å². The van der Waals surface area contributed by atoms with E-state index in [0.717, 1.165) is 29.8 Å². The Labute approximate surface area is 158 Å². The number of Topliss-reactive ketones (excluding diaryl/α,β-unsaturated/α-hetero) is 1. The number of piperidine rings is 1. The number of rotatable bonds is 4. The molecule has 2 amide bonds. The van der Waals surface area contributed by atoms with Crippen molar-refractivity contribution in [1.82, 2.24) is 5.32 Å². The zero-order valence-electron chi connectivity index (χ0n) is 14.6. The van der Waals surface area contributed by atoms with E-state index < -0.39 is 41.3 Å². The summed E-state index contributed by atoms with van der Waals surface area (Å²) in [6, 6.07) is 12.7. The van der Waals surface area contributed by atoms with Crippen LogP contribution >= 0.6 is 0 Å². The van der Waals surface area contributed by atoms with E-state index in [4.69, 9.17) is 0 Å². The molecule has 1 aliphatic rings. The number of benzene rings is 2. The number of nitrogens with one attached hydrogen (secondary N) is 2. The molecule has 0 bridgehead atoms. The fraction of sp³-hybridized carbons (Fsp3) is 0.250. The molecule has 8 heteroatoms. The first-order chi connectivity index (χ1) is 13.2. The number of alkyl halides is 3. The van der Waals surface area contributed by atoms with Gasteiger partial charge < -0.3 is 10.6 Å². The summed E-state index contributed by atoms with van der Waals surface area (Å²) in [6.07, 6.45) is -4.02. The van der Waals surface area contributed by atoms with E-state index in [1.165, 1.54) is 0 Å². The summed E-state index contributed by atoms with van der Waals surface area (Å²) in [4.78, 5) is 37.0. The molecule has 0 radical (unpaired) electrons. The Kier molecular flexibility index (Phi) is 5.48. The standard InChI is InChI=1S/C20H17F3N2O3/c21-20(22,23)13-6-8-14(9-7-13)24-18(27)17-16(26)11-15(25-19(17)28)10-12-4-2-1-3-5-12/h1-9,15,17H,10-11H2,(H,24,27)(H,25,28). The molecule has 0 saturated carbocycles. The van der Waals surface area contributed by atoms with E-state index >= 15 is 0 Å². The Morgan fingerprint density at radius 1 is 1.04 bits per heavy atom. The van der Waals surface area contributed by atoms with E-state index in [-0.39, 0.29) is 12.1 Å². The number of amides is 2. The number of hydrogen-bond acceptors (Lipinski definition) is 3. The van der Waals surface area contributed by atoms with Crippen molar-refractivity contribution in [2.75, 3.05) is 5.32 Å². The predicted octanol–water partition coefficient (Wildman–Crippen LogP) is 2.96. The Hall–Kier alpha value is -3.16. The maximum absolute atomic E-state index is 12.6. The lowest BCUT2D eigenvalue weighted by Crippen LogP contribution is -2.53. The zero-order chi connectivity index (χ0) is 20.3. The van der Waals surface area contributed by atoms with Crippen LogP contribution in [0, 0.1) is 5.92 Å². The normalized spacial score (nSPS) is 19.8. The average molecular weight is 390 g/mol. The number of halogens is 3. The lowest BCUT2D eigenvalue weighted by atomic mass is 9.89. The first-order valence-corrected chi connectivity index (χ1v) is 8.59. The number of hydrogen-bond donors (Lipinski definition) is 2.